The zero-order valence-corrected chi connectivity index (χ0v) is 28.6. The van der Waals surface area contributed by atoms with E-state index in [1.165, 1.54) is 25.7 Å². The Morgan fingerprint density at radius 3 is 2.48 bits per heavy atom. The number of carbonyl (C=O) groups excluding carboxylic acids is 2. The number of anilines is 2. The van der Waals surface area contributed by atoms with Gasteiger partial charge in [-0.1, -0.05) is 32.4 Å². The second-order valence-electron chi connectivity index (χ2n) is 16.4. The molecule has 7 aliphatic rings. The topological polar surface area (TPSA) is 81.7 Å². The van der Waals surface area contributed by atoms with E-state index in [-0.39, 0.29) is 22.8 Å². The van der Waals surface area contributed by atoms with Crippen molar-refractivity contribution < 1.29 is 9.59 Å². The second kappa shape index (κ2) is 11.5. The van der Waals surface area contributed by atoms with Crippen molar-refractivity contribution in [2.45, 2.75) is 91.5 Å². The summed E-state index contributed by atoms with van der Waals surface area (Å²) in [6.45, 7) is 15.5. The van der Waals surface area contributed by atoms with Gasteiger partial charge in [0.2, 0.25) is 5.95 Å². The molecule has 0 amide bonds. The molecule has 0 aromatic carbocycles. The molecule has 8 nitrogen and oxygen atoms in total. The maximum atomic E-state index is 14.1. The summed E-state index contributed by atoms with van der Waals surface area (Å²) in [5.74, 6) is 4.57. The van der Waals surface area contributed by atoms with E-state index >= 15 is 0 Å². The zero-order valence-electron chi connectivity index (χ0n) is 28.6. The van der Waals surface area contributed by atoms with Crippen LogP contribution in [-0.4, -0.2) is 72.2 Å². The Hall–Kier alpha value is -2.74. The van der Waals surface area contributed by atoms with Gasteiger partial charge >= 0.3 is 0 Å². The van der Waals surface area contributed by atoms with Crippen LogP contribution in [0.2, 0.25) is 0 Å². The molecule has 4 heterocycles. The largest absolute Gasteiger partial charge is 0.358 e. The quantitative estimate of drug-likeness (QED) is 0.417. The molecule has 8 heteroatoms. The maximum absolute atomic E-state index is 14.1. The minimum absolute atomic E-state index is 0.00942. The molecule has 8 rings (SSSR count). The van der Waals surface area contributed by atoms with Crippen molar-refractivity contribution in [3.8, 4) is 0 Å². The number of aromatic nitrogens is 2. The first-order valence-electron chi connectivity index (χ1n) is 18.5. The monoisotopic (exact) mass is 626 g/mol. The Morgan fingerprint density at radius 1 is 1.00 bits per heavy atom. The summed E-state index contributed by atoms with van der Waals surface area (Å²) >= 11 is 0. The minimum Gasteiger partial charge on any atom is -0.358 e. The van der Waals surface area contributed by atoms with Crippen LogP contribution >= 0.6 is 0 Å². The number of piperazine rings is 1. The third-order valence-corrected chi connectivity index (χ3v) is 13.7. The molecule has 3 saturated heterocycles. The number of nitrogens with zero attached hydrogens (tertiary/aromatic N) is 5. The summed E-state index contributed by atoms with van der Waals surface area (Å²) in [7, 11) is 0. The Bertz CT molecular complexity index is 1420. The van der Waals surface area contributed by atoms with Gasteiger partial charge in [0.15, 0.2) is 5.78 Å². The van der Waals surface area contributed by atoms with Gasteiger partial charge < -0.3 is 20.0 Å². The van der Waals surface area contributed by atoms with Crippen LogP contribution in [0.3, 0.4) is 0 Å². The van der Waals surface area contributed by atoms with E-state index in [2.05, 4.69) is 59.0 Å². The molecule has 1 aromatic rings. The summed E-state index contributed by atoms with van der Waals surface area (Å²) in [6.07, 6.45) is 14.7. The number of Topliss-reactive ketones (excluding diaryl/α,β-unsaturated/α-hetero) is 2. The van der Waals surface area contributed by atoms with Crippen molar-refractivity contribution in [1.29, 1.82) is 0 Å². The molecular formula is C38H54N6O2. The van der Waals surface area contributed by atoms with Crippen LogP contribution in [0.5, 0.6) is 0 Å². The molecule has 4 aliphatic carbocycles. The van der Waals surface area contributed by atoms with E-state index in [9.17, 15) is 9.59 Å². The van der Waals surface area contributed by atoms with Crippen LogP contribution in [0, 0.1) is 40.4 Å². The molecule has 248 valence electrons. The number of hydrogen-bond donors (Lipinski definition) is 1. The standard InChI is InChI=1S/C38H54N6O2/c1-24-19-29-27-10-9-26-20-33(46)31(22-38(26,4)28(27)11-12-37(29,3)35(24)25(2)45)44-18-13-39-23-32(44)30-21-34(42-14-5-6-15-42)41-36(40-30)43-16-7-8-17-43/h11,21-22,24,26-27,29,32,35,39H,5-10,12-20,23H2,1-4H3/t24-,26-,27-,29+,32?,35-,37+,38+/m1/s1. The number of ketones is 2. The first-order valence-corrected chi connectivity index (χ1v) is 18.5. The van der Waals surface area contributed by atoms with Gasteiger partial charge in [-0.3, -0.25) is 9.59 Å². The fraction of sp³-hybridized carbons (Fsp3) is 0.737. The van der Waals surface area contributed by atoms with Gasteiger partial charge in [0, 0.05) is 69.6 Å². The Kier molecular flexibility index (Phi) is 7.61. The SMILES string of the molecule is CC(=O)[C@H]1[C@H](C)C[C@H]2[C@@H]3CC[C@@H]4CC(=O)C(N5CCNCC5c5cc(N6CCCC6)nc(N6CCCC6)n5)=C[C@]4(C)C3=CC[C@@]21C. The molecule has 0 bridgehead atoms. The van der Waals surface area contributed by atoms with Crippen molar-refractivity contribution in [2.75, 3.05) is 55.6 Å². The number of allylic oxidation sites excluding steroid dienone is 4. The van der Waals surface area contributed by atoms with Crippen molar-refractivity contribution in [3.63, 3.8) is 0 Å². The van der Waals surface area contributed by atoms with Crippen molar-refractivity contribution in [3.05, 3.63) is 35.2 Å². The van der Waals surface area contributed by atoms with E-state index in [1.54, 1.807) is 5.57 Å². The fourth-order valence-electron chi connectivity index (χ4n) is 11.5. The van der Waals surface area contributed by atoms with E-state index in [0.29, 0.717) is 41.7 Å². The fourth-order valence-corrected chi connectivity index (χ4v) is 11.5. The highest BCUT2D eigenvalue weighted by Gasteiger charge is 2.60. The van der Waals surface area contributed by atoms with Crippen LogP contribution in [0.4, 0.5) is 11.8 Å². The first-order chi connectivity index (χ1) is 22.2. The lowest BCUT2D eigenvalue weighted by Gasteiger charge is -2.55. The van der Waals surface area contributed by atoms with E-state index < -0.39 is 0 Å². The first kappa shape index (κ1) is 30.6. The Morgan fingerprint density at radius 2 is 1.74 bits per heavy atom. The number of rotatable bonds is 5. The lowest BCUT2D eigenvalue weighted by Crippen LogP contribution is -2.51. The highest BCUT2D eigenvalue weighted by atomic mass is 16.1. The summed E-state index contributed by atoms with van der Waals surface area (Å²) < 4.78 is 0. The minimum atomic E-state index is -0.131. The average Bonchev–Trinajstić information content (AvgIpc) is 3.82. The van der Waals surface area contributed by atoms with Crippen molar-refractivity contribution in [2.24, 2.45) is 40.4 Å². The molecule has 2 saturated carbocycles. The summed E-state index contributed by atoms with van der Waals surface area (Å²) in [4.78, 5) is 44.5. The summed E-state index contributed by atoms with van der Waals surface area (Å²) in [5.41, 5.74) is 3.43. The molecular weight excluding hydrogens is 572 g/mol. The normalized spacial score (nSPS) is 39.1. The lowest BCUT2D eigenvalue weighted by molar-refractivity contribution is -0.126. The van der Waals surface area contributed by atoms with Crippen molar-refractivity contribution in [1.82, 2.24) is 20.2 Å². The predicted octanol–water partition coefficient (Wildman–Crippen LogP) is 5.71. The van der Waals surface area contributed by atoms with Gasteiger partial charge in [-0.05, 0) is 93.5 Å². The van der Waals surface area contributed by atoms with Crippen LogP contribution < -0.4 is 15.1 Å². The van der Waals surface area contributed by atoms with E-state index in [4.69, 9.17) is 9.97 Å². The highest BCUT2D eigenvalue weighted by Crippen LogP contribution is 2.66. The molecule has 46 heavy (non-hydrogen) atoms. The highest BCUT2D eigenvalue weighted by molar-refractivity contribution is 5.96. The Balaban J connectivity index is 1.16. The summed E-state index contributed by atoms with van der Waals surface area (Å²) in [6, 6.07) is 2.21. The van der Waals surface area contributed by atoms with E-state index in [0.717, 1.165) is 94.7 Å². The van der Waals surface area contributed by atoms with Gasteiger partial charge in [0.25, 0.3) is 0 Å². The number of nitrogens with one attached hydrogen (secondary N) is 1. The third-order valence-electron chi connectivity index (χ3n) is 13.7. The molecule has 1 N–H and O–H groups in total. The molecule has 3 aliphatic heterocycles. The lowest BCUT2D eigenvalue weighted by atomic mass is 9.49. The van der Waals surface area contributed by atoms with Gasteiger partial charge in [-0.25, -0.2) is 4.98 Å². The van der Waals surface area contributed by atoms with Gasteiger partial charge in [0.05, 0.1) is 17.4 Å². The number of carbonyl (C=O) groups is 2. The molecule has 1 unspecified atom stereocenters. The molecule has 5 fully saturated rings. The smallest absolute Gasteiger partial charge is 0.227 e. The zero-order chi connectivity index (χ0) is 31.8. The third kappa shape index (κ3) is 4.78. The van der Waals surface area contributed by atoms with Crippen LogP contribution in [0.15, 0.2) is 29.5 Å². The van der Waals surface area contributed by atoms with Crippen LogP contribution in [0.1, 0.15) is 97.2 Å². The second-order valence-corrected chi connectivity index (χ2v) is 16.4. The number of hydrogen-bond acceptors (Lipinski definition) is 8. The molecule has 0 radical (unpaired) electrons. The predicted molar refractivity (Wildman–Crippen MR) is 182 cm³/mol. The average molecular weight is 627 g/mol. The summed E-state index contributed by atoms with van der Waals surface area (Å²) in [5, 5.41) is 3.65. The van der Waals surface area contributed by atoms with Gasteiger partial charge in [0.1, 0.15) is 11.6 Å². The maximum Gasteiger partial charge on any atom is 0.227 e. The molecule has 8 atom stereocenters. The Labute approximate surface area is 275 Å². The molecule has 1 aromatic heterocycles. The number of fused-ring (bicyclic) bond motifs is 5. The van der Waals surface area contributed by atoms with Crippen LogP contribution in [-0.2, 0) is 9.59 Å². The van der Waals surface area contributed by atoms with Crippen molar-refractivity contribution >= 4 is 23.3 Å². The van der Waals surface area contributed by atoms with E-state index in [1.807, 2.05) is 6.92 Å². The van der Waals surface area contributed by atoms with Crippen LogP contribution in [0.25, 0.3) is 0 Å². The molecule has 0 spiro atoms. The van der Waals surface area contributed by atoms with Gasteiger partial charge in [-0.15, -0.1) is 0 Å². The van der Waals surface area contributed by atoms with Gasteiger partial charge in [-0.2, -0.15) is 4.98 Å².